The first-order valence-corrected chi connectivity index (χ1v) is 10.0. The van der Waals surface area contributed by atoms with Gasteiger partial charge in [0.2, 0.25) is 5.88 Å². The van der Waals surface area contributed by atoms with Gasteiger partial charge in [-0.1, -0.05) is 42.0 Å². The minimum Gasteiger partial charge on any atom is -0.467 e. The van der Waals surface area contributed by atoms with Crippen LogP contribution < -0.4 is 4.74 Å². The molecule has 0 aliphatic carbocycles. The molecular formula is C24H20N4O3. The standard InChI is InChI=1S/C24H20N4O3/c1-16-8-10-17(11-9-16)20-13-21(22-7-4-12-30-22)28(27-20)23(29)14-31-24-18-5-2-3-6-19(18)25-15-26-24/h2-12,15,21H,13-14H2,1H3/t21-/m0/s1. The molecular weight excluding hydrogens is 392 g/mol. The van der Waals surface area contributed by atoms with Crippen molar-refractivity contribution in [2.75, 3.05) is 6.61 Å². The molecule has 4 aromatic rings. The second-order valence-electron chi connectivity index (χ2n) is 7.37. The smallest absolute Gasteiger partial charge is 0.281 e. The highest BCUT2D eigenvalue weighted by molar-refractivity contribution is 6.03. The number of hydrazone groups is 1. The van der Waals surface area contributed by atoms with Crippen LogP contribution in [0.25, 0.3) is 10.9 Å². The molecule has 0 saturated heterocycles. The summed E-state index contributed by atoms with van der Waals surface area (Å²) in [6.45, 7) is 1.85. The molecule has 0 fully saturated rings. The Bertz CT molecular complexity index is 1240. The molecule has 0 bridgehead atoms. The summed E-state index contributed by atoms with van der Waals surface area (Å²) in [7, 11) is 0. The van der Waals surface area contributed by atoms with Gasteiger partial charge in [-0.3, -0.25) is 4.79 Å². The van der Waals surface area contributed by atoms with E-state index in [2.05, 4.69) is 15.1 Å². The van der Waals surface area contributed by atoms with Gasteiger partial charge in [-0.05, 0) is 36.8 Å². The fraction of sp³-hybridized carbons (Fsp3) is 0.167. The molecule has 1 aliphatic rings. The van der Waals surface area contributed by atoms with Crippen molar-refractivity contribution < 1.29 is 13.9 Å². The third-order valence-corrected chi connectivity index (χ3v) is 5.26. The van der Waals surface area contributed by atoms with E-state index in [1.807, 2.05) is 67.6 Å². The van der Waals surface area contributed by atoms with Crippen LogP contribution >= 0.6 is 0 Å². The number of ether oxygens (including phenoxy) is 1. The van der Waals surface area contributed by atoms with Crippen LogP contribution in [0.1, 0.15) is 29.3 Å². The average molecular weight is 412 g/mol. The lowest BCUT2D eigenvalue weighted by Gasteiger charge is -2.20. The largest absolute Gasteiger partial charge is 0.467 e. The number of carbonyl (C=O) groups excluding carboxylic acids is 1. The molecule has 0 radical (unpaired) electrons. The molecule has 0 saturated carbocycles. The van der Waals surface area contributed by atoms with Gasteiger partial charge in [0.25, 0.3) is 5.91 Å². The Balaban J connectivity index is 1.39. The van der Waals surface area contributed by atoms with Crippen LogP contribution in [0.15, 0.2) is 82.8 Å². The summed E-state index contributed by atoms with van der Waals surface area (Å²) in [6, 6.07) is 19.0. The molecule has 2 aromatic heterocycles. The number of rotatable bonds is 5. The molecule has 3 heterocycles. The number of furan rings is 1. The molecule has 154 valence electrons. The van der Waals surface area contributed by atoms with Crippen molar-refractivity contribution >= 4 is 22.5 Å². The maximum atomic E-state index is 13.1. The van der Waals surface area contributed by atoms with Gasteiger partial charge in [0.05, 0.1) is 22.9 Å². The van der Waals surface area contributed by atoms with Gasteiger partial charge < -0.3 is 9.15 Å². The molecule has 1 atom stereocenters. The van der Waals surface area contributed by atoms with Gasteiger partial charge in [0.1, 0.15) is 18.1 Å². The minimum absolute atomic E-state index is 0.192. The molecule has 2 aromatic carbocycles. The lowest BCUT2D eigenvalue weighted by Crippen LogP contribution is -2.31. The molecule has 0 N–H and O–H groups in total. The van der Waals surface area contributed by atoms with Gasteiger partial charge >= 0.3 is 0 Å². The van der Waals surface area contributed by atoms with Crippen LogP contribution in [0.2, 0.25) is 0 Å². The Morgan fingerprint density at radius 2 is 1.94 bits per heavy atom. The van der Waals surface area contributed by atoms with Crippen molar-refractivity contribution in [1.82, 2.24) is 15.0 Å². The fourth-order valence-corrected chi connectivity index (χ4v) is 3.65. The Hall–Kier alpha value is -4.00. The van der Waals surface area contributed by atoms with Crippen molar-refractivity contribution in [1.29, 1.82) is 0 Å². The van der Waals surface area contributed by atoms with Crippen molar-refractivity contribution in [2.24, 2.45) is 5.10 Å². The monoisotopic (exact) mass is 412 g/mol. The minimum atomic E-state index is -0.315. The quantitative estimate of drug-likeness (QED) is 0.489. The van der Waals surface area contributed by atoms with Crippen LogP contribution in [-0.2, 0) is 4.79 Å². The predicted octanol–water partition coefficient (Wildman–Crippen LogP) is 4.29. The number of benzene rings is 2. The number of hydrogen-bond donors (Lipinski definition) is 0. The predicted molar refractivity (Wildman–Crippen MR) is 116 cm³/mol. The molecule has 0 spiro atoms. The third kappa shape index (κ3) is 3.77. The Morgan fingerprint density at radius 3 is 2.74 bits per heavy atom. The van der Waals surface area contributed by atoms with Gasteiger partial charge in [-0.2, -0.15) is 5.10 Å². The van der Waals surface area contributed by atoms with E-state index in [0.717, 1.165) is 22.2 Å². The summed E-state index contributed by atoms with van der Waals surface area (Å²) in [5.41, 5.74) is 3.75. The zero-order valence-corrected chi connectivity index (χ0v) is 16.9. The van der Waals surface area contributed by atoms with Crippen LogP contribution in [0.3, 0.4) is 0 Å². The van der Waals surface area contributed by atoms with Crippen molar-refractivity contribution in [3.05, 3.63) is 90.1 Å². The third-order valence-electron chi connectivity index (χ3n) is 5.26. The number of fused-ring (bicyclic) bond motifs is 1. The molecule has 7 heteroatoms. The van der Waals surface area contributed by atoms with E-state index in [1.54, 1.807) is 6.26 Å². The maximum Gasteiger partial charge on any atom is 0.281 e. The fourth-order valence-electron chi connectivity index (χ4n) is 3.65. The highest BCUT2D eigenvalue weighted by atomic mass is 16.5. The Labute approximate surface area is 179 Å². The van der Waals surface area contributed by atoms with Crippen molar-refractivity contribution in [2.45, 2.75) is 19.4 Å². The van der Waals surface area contributed by atoms with E-state index < -0.39 is 0 Å². The van der Waals surface area contributed by atoms with Crippen LogP contribution in [0.5, 0.6) is 5.88 Å². The second kappa shape index (κ2) is 8.02. The van der Waals surface area contributed by atoms with Gasteiger partial charge in [-0.25, -0.2) is 15.0 Å². The maximum absolute atomic E-state index is 13.1. The van der Waals surface area contributed by atoms with Gasteiger partial charge in [0.15, 0.2) is 6.61 Å². The summed E-state index contributed by atoms with van der Waals surface area (Å²) >= 11 is 0. The van der Waals surface area contributed by atoms with Crippen LogP contribution in [0, 0.1) is 6.92 Å². The van der Waals surface area contributed by atoms with E-state index in [4.69, 9.17) is 9.15 Å². The molecule has 1 amide bonds. The molecule has 0 unspecified atom stereocenters. The number of hydrogen-bond acceptors (Lipinski definition) is 6. The topological polar surface area (TPSA) is 80.8 Å². The first-order chi connectivity index (χ1) is 15.2. The van der Waals surface area contributed by atoms with Gasteiger partial charge in [0, 0.05) is 6.42 Å². The average Bonchev–Trinajstić information content (AvgIpc) is 3.48. The SMILES string of the molecule is Cc1ccc(C2=NN(C(=O)COc3ncnc4ccccc34)[C@H](c3ccco3)C2)cc1. The first-order valence-electron chi connectivity index (χ1n) is 10.0. The Morgan fingerprint density at radius 1 is 1.10 bits per heavy atom. The van der Waals surface area contributed by atoms with E-state index in [-0.39, 0.29) is 18.6 Å². The van der Waals surface area contributed by atoms with Crippen molar-refractivity contribution in [3.63, 3.8) is 0 Å². The number of aromatic nitrogens is 2. The van der Waals surface area contributed by atoms with E-state index >= 15 is 0 Å². The van der Waals surface area contributed by atoms with E-state index in [9.17, 15) is 4.79 Å². The number of amides is 1. The molecule has 1 aliphatic heterocycles. The number of nitrogens with zero attached hydrogens (tertiary/aromatic N) is 4. The zero-order valence-electron chi connectivity index (χ0n) is 16.9. The zero-order chi connectivity index (χ0) is 21.2. The summed E-state index contributed by atoms with van der Waals surface area (Å²) in [5, 5.41) is 6.84. The van der Waals surface area contributed by atoms with Crippen LogP contribution in [0.4, 0.5) is 0 Å². The number of para-hydroxylation sites is 1. The first kappa shape index (κ1) is 19.0. The molecule has 31 heavy (non-hydrogen) atoms. The lowest BCUT2D eigenvalue weighted by atomic mass is 10.0. The molecule has 7 nitrogen and oxygen atoms in total. The summed E-state index contributed by atoms with van der Waals surface area (Å²) in [5.74, 6) is 0.785. The lowest BCUT2D eigenvalue weighted by molar-refractivity contribution is -0.135. The number of aryl methyl sites for hydroxylation is 1. The van der Waals surface area contributed by atoms with Crippen molar-refractivity contribution in [3.8, 4) is 5.88 Å². The molecule has 5 rings (SSSR count). The normalized spacial score (nSPS) is 15.8. The summed E-state index contributed by atoms with van der Waals surface area (Å²) < 4.78 is 11.4. The second-order valence-corrected chi connectivity index (χ2v) is 7.37. The summed E-state index contributed by atoms with van der Waals surface area (Å²) in [6.07, 6.45) is 3.60. The van der Waals surface area contributed by atoms with Gasteiger partial charge in [-0.15, -0.1) is 0 Å². The Kier molecular flexibility index (Phi) is 4.92. The van der Waals surface area contributed by atoms with E-state index in [0.29, 0.717) is 18.1 Å². The highest BCUT2D eigenvalue weighted by Crippen LogP contribution is 2.33. The van der Waals surface area contributed by atoms with E-state index in [1.165, 1.54) is 16.9 Å². The number of carbonyl (C=O) groups is 1. The highest BCUT2D eigenvalue weighted by Gasteiger charge is 2.35. The van der Waals surface area contributed by atoms with Crippen LogP contribution in [-0.4, -0.2) is 33.2 Å². The summed E-state index contributed by atoms with van der Waals surface area (Å²) in [4.78, 5) is 21.5.